The fourth-order valence-electron chi connectivity index (χ4n) is 15.7. The van der Waals surface area contributed by atoms with Crippen molar-refractivity contribution in [3.8, 4) is 0 Å². The number of carboxylic acids is 2. The number of unbranched alkanes of at least 4 members (excludes halogenated alkanes) is 56. The number of hydrogen-bond acceptors (Lipinski definition) is 6. The minimum atomic E-state index is -3.85. The molecule has 2 aromatic rings. The molecule has 0 unspecified atom stereocenters. The van der Waals surface area contributed by atoms with Gasteiger partial charge in [0.05, 0.1) is 74.1 Å². The first-order valence-corrected chi connectivity index (χ1v) is 47.4. The van der Waals surface area contributed by atoms with Gasteiger partial charge in [0.25, 0.3) is 0 Å². The molecule has 0 aliphatic carbocycles. The van der Waals surface area contributed by atoms with Gasteiger partial charge in [0.15, 0.2) is 0 Å². The average molecular weight is 1460 g/mol. The lowest BCUT2D eigenvalue weighted by atomic mass is 10.0. The lowest BCUT2D eigenvalue weighted by Gasteiger charge is -2.40. The molecule has 0 spiro atoms. The van der Waals surface area contributed by atoms with Crippen molar-refractivity contribution in [3.63, 3.8) is 0 Å². The van der Waals surface area contributed by atoms with Gasteiger partial charge in [-0.25, -0.2) is 8.42 Å². The zero-order valence-corrected chi connectivity index (χ0v) is 71.1. The van der Waals surface area contributed by atoms with E-state index < -0.39 is 21.8 Å². The second-order valence-corrected chi connectivity index (χ2v) is 34.3. The molecule has 8 nitrogen and oxygen atoms in total. The Labute approximate surface area is 643 Å². The zero-order chi connectivity index (χ0) is 75.5. The number of aromatic carboxylic acids is 2. The molecule has 2 rings (SSSR count). The van der Waals surface area contributed by atoms with Crippen molar-refractivity contribution in [2.24, 2.45) is 0 Å². The quantitative estimate of drug-likeness (QED) is 0.0481. The molecule has 0 saturated carbocycles. The summed E-state index contributed by atoms with van der Waals surface area (Å²) in [4.78, 5) is 21.0. The van der Waals surface area contributed by atoms with Crippen molar-refractivity contribution < 1.29 is 37.2 Å². The van der Waals surface area contributed by atoms with Crippen molar-refractivity contribution in [3.05, 3.63) is 59.7 Å². The summed E-state index contributed by atoms with van der Waals surface area (Å²) in [5.74, 6) is -2.81. The van der Waals surface area contributed by atoms with Crippen LogP contribution in [0.25, 0.3) is 0 Å². The summed E-state index contributed by atoms with van der Waals surface area (Å²) in [5.41, 5.74) is -0.275. The van der Waals surface area contributed by atoms with Gasteiger partial charge in [-0.1, -0.05) is 388 Å². The zero-order valence-electron chi connectivity index (χ0n) is 70.3. The van der Waals surface area contributed by atoms with Crippen molar-refractivity contribution in [2.45, 2.75) is 476 Å². The first-order valence-electron chi connectivity index (χ1n) is 45.9. The van der Waals surface area contributed by atoms with E-state index in [1.54, 1.807) is 0 Å². The number of carbonyl (C=O) groups excluding carboxylic acids is 2. The molecule has 604 valence electrons. The van der Waals surface area contributed by atoms with Gasteiger partial charge in [0, 0.05) is 0 Å². The van der Waals surface area contributed by atoms with Gasteiger partial charge in [0.1, 0.15) is 0 Å². The second kappa shape index (κ2) is 74.7. The number of rotatable bonds is 76. The van der Waals surface area contributed by atoms with E-state index in [0.717, 1.165) is 48.5 Å². The summed E-state index contributed by atoms with van der Waals surface area (Å²) >= 11 is 0. The summed E-state index contributed by atoms with van der Waals surface area (Å²) < 4.78 is 27.5. The molecule has 0 atom stereocenters. The number of carbonyl (C=O) groups is 2. The van der Waals surface area contributed by atoms with Gasteiger partial charge in [-0.05, 0) is 138 Å². The molecule has 103 heavy (non-hydrogen) atoms. The maximum Gasteiger partial charge on any atom is 0.206 e. The van der Waals surface area contributed by atoms with Crippen LogP contribution in [0.3, 0.4) is 0 Å². The first kappa shape index (κ1) is 100. The van der Waals surface area contributed by atoms with Crippen LogP contribution in [0.2, 0.25) is 0 Å². The minimum absolute atomic E-state index is 0.103. The monoisotopic (exact) mass is 1460 g/mol. The van der Waals surface area contributed by atoms with E-state index in [0.29, 0.717) is 0 Å². The number of sulfone groups is 1. The van der Waals surface area contributed by atoms with Gasteiger partial charge < -0.3 is 28.8 Å². The van der Waals surface area contributed by atoms with Gasteiger partial charge >= 0.3 is 0 Å². The van der Waals surface area contributed by atoms with Crippen molar-refractivity contribution in [1.82, 2.24) is 0 Å². The van der Waals surface area contributed by atoms with Crippen LogP contribution in [0.15, 0.2) is 58.3 Å². The molecule has 0 aliphatic rings. The number of carboxylic acid groups (broad SMARTS) is 2. The van der Waals surface area contributed by atoms with Crippen LogP contribution in [0.5, 0.6) is 0 Å². The van der Waals surface area contributed by atoms with Crippen LogP contribution in [0.1, 0.15) is 487 Å². The summed E-state index contributed by atoms with van der Waals surface area (Å²) in [7, 11) is -3.85. The van der Waals surface area contributed by atoms with E-state index in [2.05, 4.69) is 55.4 Å². The SMILES string of the molecule is CCCCCCCCCC[N+](CCCCCCCCCC)(CCCCCCCCCC)CCCCCCCCCC.CCCCCCCCCC[N+](CCCCCCCCCC)(CCCCCCCCCC)CCCCCCCCCC.O=C([O-])c1ccc(S(=O)(=O)c2ccc(C(=O)[O-])cc2)cc1. The highest BCUT2D eigenvalue weighted by Crippen LogP contribution is 2.26. The predicted octanol–water partition coefficient (Wildman–Crippen LogP) is 28.0. The Morgan fingerprint density at radius 3 is 0.447 bits per heavy atom. The molecule has 0 heterocycles. The molecule has 0 fully saturated rings. The third kappa shape index (κ3) is 59.8. The van der Waals surface area contributed by atoms with E-state index in [1.807, 2.05) is 0 Å². The summed E-state index contributed by atoms with van der Waals surface area (Å²) in [6, 6.07) is 9.07. The Hall–Kier alpha value is -2.75. The molecule has 0 aromatic heterocycles. The van der Waals surface area contributed by atoms with Gasteiger partial charge in [0.2, 0.25) is 9.84 Å². The van der Waals surface area contributed by atoms with E-state index in [1.165, 1.54) is 472 Å². The maximum atomic E-state index is 12.3. The molecular weight excluding hydrogens is 1290 g/mol. The Balaban J connectivity index is 0.00000159. The van der Waals surface area contributed by atoms with E-state index in [9.17, 15) is 28.2 Å². The molecule has 2 aromatic carbocycles. The fraction of sp³-hybridized carbons (Fsp3) is 0.851. The lowest BCUT2D eigenvalue weighted by molar-refractivity contribution is -0.929. The third-order valence-electron chi connectivity index (χ3n) is 22.7. The molecule has 0 bridgehead atoms. The van der Waals surface area contributed by atoms with E-state index in [-0.39, 0.29) is 20.9 Å². The van der Waals surface area contributed by atoms with Crippen LogP contribution in [0, 0.1) is 0 Å². The predicted molar refractivity (Wildman–Crippen MR) is 447 cm³/mol. The van der Waals surface area contributed by atoms with Gasteiger partial charge in [-0.2, -0.15) is 0 Å². The fourth-order valence-corrected chi connectivity index (χ4v) is 16.9. The Kier molecular flexibility index (Phi) is 72.7. The van der Waals surface area contributed by atoms with E-state index >= 15 is 0 Å². The van der Waals surface area contributed by atoms with Crippen molar-refractivity contribution >= 4 is 21.8 Å². The second-order valence-electron chi connectivity index (χ2n) is 32.4. The van der Waals surface area contributed by atoms with Crippen LogP contribution in [0.4, 0.5) is 0 Å². The maximum absolute atomic E-state index is 12.3. The third-order valence-corrected chi connectivity index (χ3v) is 24.5. The lowest BCUT2D eigenvalue weighted by Crippen LogP contribution is -2.50. The molecule has 9 heteroatoms. The Morgan fingerprint density at radius 2 is 0.330 bits per heavy atom. The van der Waals surface area contributed by atoms with E-state index in [4.69, 9.17) is 0 Å². The summed E-state index contributed by atoms with van der Waals surface area (Å²) in [6.45, 7) is 30.6. The average Bonchev–Trinajstić information content (AvgIpc) is 0.825. The number of hydrogen-bond donors (Lipinski definition) is 0. The smallest absolute Gasteiger partial charge is 0.206 e. The standard InChI is InChI=1S/2C40H84N.C14H10O6S/c2*1-5-9-13-17-21-25-29-33-37-41(38-34-30-26-22-18-14-10-6-2,39-35-31-27-23-19-15-11-7-3)40-36-32-28-24-20-16-12-8-4;15-13(16)9-1-5-11(6-2-9)21(19,20)12-7-3-10(4-8-12)14(17)18/h2*5-40H2,1-4H3;1-8H,(H,15,16)(H,17,18)/q2*+1;/p-2. The van der Waals surface area contributed by atoms with Crippen LogP contribution >= 0.6 is 0 Å². The highest BCUT2D eigenvalue weighted by atomic mass is 32.2. The largest absolute Gasteiger partial charge is 0.545 e. The molecule has 0 aliphatic heterocycles. The molecule has 0 radical (unpaired) electrons. The molecular formula is C94H176N2O6S. The molecule has 0 saturated heterocycles. The Morgan fingerprint density at radius 1 is 0.214 bits per heavy atom. The Bertz CT molecular complexity index is 1880. The highest BCUT2D eigenvalue weighted by molar-refractivity contribution is 7.91. The van der Waals surface area contributed by atoms with Crippen LogP contribution in [-0.4, -0.2) is 81.7 Å². The van der Waals surface area contributed by atoms with Gasteiger partial charge in [-0.15, -0.1) is 0 Å². The normalized spacial score (nSPS) is 11.8. The molecule has 0 N–H and O–H groups in total. The first-order chi connectivity index (χ1) is 50.3. The molecule has 0 amide bonds. The minimum Gasteiger partial charge on any atom is -0.545 e. The highest BCUT2D eigenvalue weighted by Gasteiger charge is 2.28. The van der Waals surface area contributed by atoms with Crippen LogP contribution < -0.4 is 10.2 Å². The van der Waals surface area contributed by atoms with Crippen molar-refractivity contribution in [1.29, 1.82) is 0 Å². The number of benzene rings is 2. The summed E-state index contributed by atoms with van der Waals surface area (Å²) in [5, 5.41) is 21.2. The number of nitrogens with zero attached hydrogens (tertiary/aromatic N) is 2. The summed E-state index contributed by atoms with van der Waals surface area (Å²) in [6.07, 6.45) is 93.5. The number of quaternary nitrogens is 2. The van der Waals surface area contributed by atoms with Crippen LogP contribution in [-0.2, 0) is 9.84 Å². The van der Waals surface area contributed by atoms with Crippen molar-refractivity contribution in [2.75, 3.05) is 52.4 Å². The topological polar surface area (TPSA) is 114 Å². The van der Waals surface area contributed by atoms with Gasteiger partial charge in [-0.3, -0.25) is 0 Å².